The van der Waals surface area contributed by atoms with Gasteiger partial charge in [0.25, 0.3) is 5.69 Å². The van der Waals surface area contributed by atoms with Crippen molar-refractivity contribution in [2.45, 2.75) is 19.4 Å². The molecule has 1 amide bonds. The van der Waals surface area contributed by atoms with Crippen LogP contribution in [-0.4, -0.2) is 59.2 Å². The quantitative estimate of drug-likeness (QED) is 0.587. The standard InChI is InChI=1S/C15H19N3O6/c1-10-2-3-11(18(22)23)8-12(10)16-14(19)9-13(15(20)21)17-4-6-24-7-5-17/h2-3,8,13H,4-7,9H2,1H3,(H,16,19)(H,20,21). The minimum Gasteiger partial charge on any atom is -0.480 e. The van der Waals surface area contributed by atoms with Gasteiger partial charge in [0.1, 0.15) is 6.04 Å². The van der Waals surface area contributed by atoms with Crippen LogP contribution in [0.5, 0.6) is 0 Å². The SMILES string of the molecule is Cc1ccc([N+](=O)[O-])cc1NC(=O)CC(C(=O)O)N1CCOCC1. The Balaban J connectivity index is 2.06. The molecular formula is C15H19N3O6. The Labute approximate surface area is 138 Å². The van der Waals surface area contributed by atoms with Crippen molar-refractivity contribution >= 4 is 23.3 Å². The highest BCUT2D eigenvalue weighted by atomic mass is 16.6. The van der Waals surface area contributed by atoms with Crippen LogP contribution in [0.3, 0.4) is 0 Å². The molecule has 1 fully saturated rings. The first-order valence-corrected chi connectivity index (χ1v) is 7.48. The highest BCUT2D eigenvalue weighted by Gasteiger charge is 2.29. The predicted octanol–water partition coefficient (Wildman–Crippen LogP) is 1.02. The summed E-state index contributed by atoms with van der Waals surface area (Å²) in [5.74, 6) is -1.58. The van der Waals surface area contributed by atoms with Gasteiger partial charge >= 0.3 is 5.97 Å². The Morgan fingerprint density at radius 3 is 2.67 bits per heavy atom. The van der Waals surface area contributed by atoms with Gasteiger partial charge in [-0.1, -0.05) is 6.07 Å². The number of benzene rings is 1. The number of carbonyl (C=O) groups excluding carboxylic acids is 1. The molecule has 0 radical (unpaired) electrons. The van der Waals surface area contributed by atoms with Gasteiger partial charge in [-0.25, -0.2) is 0 Å². The highest BCUT2D eigenvalue weighted by molar-refractivity contribution is 5.94. The van der Waals surface area contributed by atoms with E-state index in [1.807, 2.05) is 0 Å². The first kappa shape index (κ1) is 17.8. The van der Waals surface area contributed by atoms with Crippen molar-refractivity contribution in [3.05, 3.63) is 33.9 Å². The average molecular weight is 337 g/mol. The molecule has 0 spiro atoms. The van der Waals surface area contributed by atoms with E-state index in [0.29, 0.717) is 37.6 Å². The Morgan fingerprint density at radius 1 is 1.42 bits per heavy atom. The zero-order chi connectivity index (χ0) is 17.7. The largest absolute Gasteiger partial charge is 0.480 e. The molecule has 1 aliphatic heterocycles. The van der Waals surface area contributed by atoms with Gasteiger partial charge in [-0.05, 0) is 12.5 Å². The Kier molecular flexibility index (Phi) is 5.83. The predicted molar refractivity (Wildman–Crippen MR) is 84.9 cm³/mol. The summed E-state index contributed by atoms with van der Waals surface area (Å²) in [4.78, 5) is 35.6. The number of ether oxygens (including phenoxy) is 1. The zero-order valence-corrected chi connectivity index (χ0v) is 13.2. The second-order valence-corrected chi connectivity index (χ2v) is 5.51. The van der Waals surface area contributed by atoms with Gasteiger partial charge < -0.3 is 15.2 Å². The lowest BCUT2D eigenvalue weighted by Gasteiger charge is -2.31. The number of nitrogens with one attached hydrogen (secondary N) is 1. The van der Waals surface area contributed by atoms with E-state index in [9.17, 15) is 24.8 Å². The normalized spacial score (nSPS) is 16.4. The minimum absolute atomic E-state index is 0.140. The molecule has 9 nitrogen and oxygen atoms in total. The third kappa shape index (κ3) is 4.49. The van der Waals surface area contributed by atoms with Crippen molar-refractivity contribution in [2.24, 2.45) is 0 Å². The summed E-state index contributed by atoms with van der Waals surface area (Å²) in [5.41, 5.74) is 0.825. The first-order chi connectivity index (χ1) is 11.4. The lowest BCUT2D eigenvalue weighted by molar-refractivity contribution is -0.384. The number of rotatable bonds is 6. The number of nitro groups is 1. The monoisotopic (exact) mass is 337 g/mol. The molecule has 0 bridgehead atoms. The smallest absolute Gasteiger partial charge is 0.321 e. The highest BCUT2D eigenvalue weighted by Crippen LogP contribution is 2.22. The van der Waals surface area contributed by atoms with Crippen LogP contribution in [0.1, 0.15) is 12.0 Å². The number of hydrogen-bond donors (Lipinski definition) is 2. The summed E-state index contributed by atoms with van der Waals surface area (Å²) in [6, 6.07) is 3.19. The fourth-order valence-electron chi connectivity index (χ4n) is 2.50. The van der Waals surface area contributed by atoms with E-state index < -0.39 is 22.8 Å². The molecule has 1 aliphatic rings. The van der Waals surface area contributed by atoms with E-state index in [1.165, 1.54) is 18.2 Å². The Bertz CT molecular complexity index is 642. The van der Waals surface area contributed by atoms with E-state index >= 15 is 0 Å². The molecule has 1 unspecified atom stereocenters. The molecule has 0 aromatic heterocycles. The van der Waals surface area contributed by atoms with Crippen molar-refractivity contribution in [3.8, 4) is 0 Å². The summed E-state index contributed by atoms with van der Waals surface area (Å²) >= 11 is 0. The van der Waals surface area contributed by atoms with Gasteiger partial charge in [-0.15, -0.1) is 0 Å². The van der Waals surface area contributed by atoms with Gasteiger partial charge in [-0.2, -0.15) is 0 Å². The number of aliphatic carboxylic acids is 1. The van der Waals surface area contributed by atoms with E-state index in [-0.39, 0.29) is 12.1 Å². The molecular weight excluding hydrogens is 318 g/mol. The topological polar surface area (TPSA) is 122 Å². The minimum atomic E-state index is -1.08. The summed E-state index contributed by atoms with van der Waals surface area (Å²) < 4.78 is 5.18. The molecule has 9 heteroatoms. The van der Waals surface area contributed by atoms with Crippen LogP contribution in [0.2, 0.25) is 0 Å². The Morgan fingerprint density at radius 2 is 2.08 bits per heavy atom. The number of nitro benzene ring substituents is 1. The van der Waals surface area contributed by atoms with Gasteiger partial charge in [0.05, 0.1) is 30.2 Å². The molecule has 1 heterocycles. The second kappa shape index (κ2) is 7.84. The number of carboxylic acids is 1. The Hall–Kier alpha value is -2.52. The lowest BCUT2D eigenvalue weighted by atomic mass is 10.1. The van der Waals surface area contributed by atoms with Gasteiger partial charge in [0.15, 0.2) is 0 Å². The van der Waals surface area contributed by atoms with Crippen molar-refractivity contribution in [2.75, 3.05) is 31.6 Å². The van der Waals surface area contributed by atoms with E-state index in [1.54, 1.807) is 11.8 Å². The van der Waals surface area contributed by atoms with Crippen LogP contribution in [0, 0.1) is 17.0 Å². The van der Waals surface area contributed by atoms with E-state index in [4.69, 9.17) is 4.74 Å². The van der Waals surface area contributed by atoms with Crippen LogP contribution in [-0.2, 0) is 14.3 Å². The van der Waals surface area contributed by atoms with Gasteiger partial charge in [-0.3, -0.25) is 24.6 Å². The van der Waals surface area contributed by atoms with Gasteiger partial charge in [0.2, 0.25) is 5.91 Å². The molecule has 2 N–H and O–H groups in total. The molecule has 1 aromatic rings. The second-order valence-electron chi connectivity index (χ2n) is 5.51. The molecule has 130 valence electrons. The molecule has 0 saturated carbocycles. The number of non-ortho nitro benzene ring substituents is 1. The summed E-state index contributed by atoms with van der Waals surface area (Å²) in [7, 11) is 0. The average Bonchev–Trinajstić information content (AvgIpc) is 2.55. The van der Waals surface area contributed by atoms with Crippen molar-refractivity contribution in [3.63, 3.8) is 0 Å². The van der Waals surface area contributed by atoms with Crippen molar-refractivity contribution < 1.29 is 24.4 Å². The number of aryl methyl sites for hydroxylation is 1. The van der Waals surface area contributed by atoms with E-state index in [0.717, 1.165) is 0 Å². The van der Waals surface area contributed by atoms with E-state index in [2.05, 4.69) is 5.32 Å². The molecule has 1 atom stereocenters. The molecule has 2 rings (SSSR count). The number of nitrogens with zero attached hydrogens (tertiary/aromatic N) is 2. The lowest BCUT2D eigenvalue weighted by Crippen LogP contribution is -2.48. The van der Waals surface area contributed by atoms with Crippen molar-refractivity contribution in [1.82, 2.24) is 4.90 Å². The third-order valence-corrected chi connectivity index (χ3v) is 3.86. The fraction of sp³-hybridized carbons (Fsp3) is 0.467. The molecule has 1 saturated heterocycles. The molecule has 24 heavy (non-hydrogen) atoms. The maximum absolute atomic E-state index is 12.2. The van der Waals surface area contributed by atoms with Crippen LogP contribution in [0.25, 0.3) is 0 Å². The van der Waals surface area contributed by atoms with Gasteiger partial charge in [0, 0.05) is 25.2 Å². The summed E-state index contributed by atoms with van der Waals surface area (Å²) in [6.07, 6.45) is -0.239. The number of amides is 1. The number of anilines is 1. The fourth-order valence-corrected chi connectivity index (χ4v) is 2.50. The number of carbonyl (C=O) groups is 2. The summed E-state index contributed by atoms with van der Waals surface area (Å²) in [6.45, 7) is 3.45. The van der Waals surface area contributed by atoms with Crippen LogP contribution in [0.4, 0.5) is 11.4 Å². The van der Waals surface area contributed by atoms with Crippen LogP contribution >= 0.6 is 0 Å². The maximum Gasteiger partial charge on any atom is 0.321 e. The van der Waals surface area contributed by atoms with Crippen LogP contribution < -0.4 is 5.32 Å². The molecule has 0 aliphatic carbocycles. The zero-order valence-electron chi connectivity index (χ0n) is 13.2. The third-order valence-electron chi connectivity index (χ3n) is 3.86. The summed E-state index contributed by atoms with van der Waals surface area (Å²) in [5, 5.41) is 22.7. The van der Waals surface area contributed by atoms with Crippen molar-refractivity contribution in [1.29, 1.82) is 0 Å². The number of carboxylic acid groups (broad SMARTS) is 1. The number of hydrogen-bond acceptors (Lipinski definition) is 6. The maximum atomic E-state index is 12.2. The van der Waals surface area contributed by atoms with Crippen LogP contribution in [0.15, 0.2) is 18.2 Å². The first-order valence-electron chi connectivity index (χ1n) is 7.48. The number of morpholine rings is 1. The molecule has 1 aromatic carbocycles.